The first-order chi connectivity index (χ1) is 11.7. The molecule has 24 heavy (non-hydrogen) atoms. The van der Waals surface area contributed by atoms with Crippen molar-refractivity contribution in [3.63, 3.8) is 0 Å². The van der Waals surface area contributed by atoms with Gasteiger partial charge in [-0.15, -0.1) is 0 Å². The van der Waals surface area contributed by atoms with Crippen LogP contribution in [-0.4, -0.2) is 25.9 Å². The van der Waals surface area contributed by atoms with Gasteiger partial charge in [-0.3, -0.25) is 9.59 Å². The van der Waals surface area contributed by atoms with Crippen molar-refractivity contribution in [2.45, 2.75) is 11.8 Å². The van der Waals surface area contributed by atoms with Crippen LogP contribution in [0.25, 0.3) is 0 Å². The van der Waals surface area contributed by atoms with Gasteiger partial charge in [-0.2, -0.15) is 0 Å². The van der Waals surface area contributed by atoms with Crippen LogP contribution >= 0.6 is 0 Å². The lowest BCUT2D eigenvalue weighted by Gasteiger charge is -2.49. The van der Waals surface area contributed by atoms with Gasteiger partial charge in [0.2, 0.25) is 11.8 Å². The Labute approximate surface area is 141 Å². The summed E-state index contributed by atoms with van der Waals surface area (Å²) in [5.74, 6) is -1.06. The van der Waals surface area contributed by atoms with Crippen molar-refractivity contribution in [3.05, 3.63) is 70.8 Å². The number of nitrogens with one attached hydrogen (secondary N) is 2. The molecule has 3 aliphatic carbocycles. The molecule has 2 N–H and O–H groups in total. The Bertz CT molecular complexity index is 714. The van der Waals surface area contributed by atoms with Crippen LogP contribution in [0.4, 0.5) is 0 Å². The van der Waals surface area contributed by atoms with Gasteiger partial charge in [0.25, 0.3) is 0 Å². The van der Waals surface area contributed by atoms with Crippen LogP contribution in [0.1, 0.15) is 34.1 Å². The summed E-state index contributed by atoms with van der Waals surface area (Å²) in [4.78, 5) is 25.4. The molecule has 2 aromatic rings. The molecule has 0 fully saturated rings. The zero-order valence-corrected chi connectivity index (χ0v) is 13.7. The minimum Gasteiger partial charge on any atom is -0.359 e. The maximum Gasteiger partial charge on any atom is 0.224 e. The van der Waals surface area contributed by atoms with E-state index in [9.17, 15) is 9.59 Å². The summed E-state index contributed by atoms with van der Waals surface area (Å²) < 4.78 is 0. The second kappa shape index (κ2) is 5.48. The van der Waals surface area contributed by atoms with Gasteiger partial charge < -0.3 is 10.6 Å². The van der Waals surface area contributed by atoms with Crippen LogP contribution in [0.15, 0.2) is 48.5 Å². The number of fused-ring (bicyclic) bond motifs is 1. The number of amides is 2. The van der Waals surface area contributed by atoms with Crippen LogP contribution in [0.3, 0.4) is 0 Å². The lowest BCUT2D eigenvalue weighted by atomic mass is 9.53. The molecule has 5 rings (SSSR count). The van der Waals surface area contributed by atoms with Gasteiger partial charge in [0, 0.05) is 25.9 Å². The molecule has 0 spiro atoms. The van der Waals surface area contributed by atoms with Crippen LogP contribution in [-0.2, 0) is 9.59 Å². The van der Waals surface area contributed by atoms with Crippen LogP contribution in [0.2, 0.25) is 0 Å². The van der Waals surface area contributed by atoms with E-state index in [2.05, 4.69) is 34.9 Å². The molecule has 0 aliphatic heterocycles. The third-order valence-electron chi connectivity index (χ3n) is 5.54. The molecule has 0 heterocycles. The van der Waals surface area contributed by atoms with Crippen LogP contribution in [0, 0.1) is 11.8 Å². The Hall–Kier alpha value is -2.62. The molecule has 0 radical (unpaired) electrons. The molecule has 3 aliphatic rings. The van der Waals surface area contributed by atoms with Gasteiger partial charge in [0.05, 0.1) is 11.8 Å². The smallest absolute Gasteiger partial charge is 0.224 e. The molecule has 2 bridgehead atoms. The van der Waals surface area contributed by atoms with E-state index in [1.165, 1.54) is 22.3 Å². The highest BCUT2D eigenvalue weighted by atomic mass is 16.2. The summed E-state index contributed by atoms with van der Waals surface area (Å²) in [5, 5.41) is 5.54. The summed E-state index contributed by atoms with van der Waals surface area (Å²) in [5.41, 5.74) is 4.70. The SMILES string of the molecule is CNC(=O)[C@H]1C2c3ccccc3C(c3ccccc32)[C@@H]1C(=O)NC. The lowest BCUT2D eigenvalue weighted by molar-refractivity contribution is -0.136. The molecule has 122 valence electrons. The maximum atomic E-state index is 12.7. The zero-order chi connectivity index (χ0) is 16.8. The second-order valence-corrected chi connectivity index (χ2v) is 6.49. The molecular weight excluding hydrogens is 300 g/mol. The minimum absolute atomic E-state index is 0.0670. The van der Waals surface area contributed by atoms with Gasteiger partial charge >= 0.3 is 0 Å². The van der Waals surface area contributed by atoms with Crippen molar-refractivity contribution >= 4 is 11.8 Å². The molecule has 0 saturated heterocycles. The number of hydrogen-bond acceptors (Lipinski definition) is 2. The third-order valence-corrected chi connectivity index (χ3v) is 5.54. The van der Waals surface area contributed by atoms with Crippen molar-refractivity contribution in [2.75, 3.05) is 14.1 Å². The number of benzene rings is 2. The highest BCUT2D eigenvalue weighted by molar-refractivity contribution is 5.92. The fourth-order valence-electron chi connectivity index (χ4n) is 4.64. The predicted molar refractivity (Wildman–Crippen MR) is 91.7 cm³/mol. The van der Waals surface area contributed by atoms with Crippen molar-refractivity contribution in [1.82, 2.24) is 10.6 Å². The molecule has 4 heteroatoms. The first-order valence-corrected chi connectivity index (χ1v) is 8.29. The number of hydrogen-bond donors (Lipinski definition) is 2. The average molecular weight is 320 g/mol. The summed E-state index contributed by atoms with van der Waals surface area (Å²) >= 11 is 0. The maximum absolute atomic E-state index is 12.7. The quantitative estimate of drug-likeness (QED) is 0.889. The predicted octanol–water partition coefficient (Wildman–Crippen LogP) is 2.00. The van der Waals surface area contributed by atoms with Gasteiger partial charge in [0.1, 0.15) is 0 Å². The van der Waals surface area contributed by atoms with E-state index in [0.29, 0.717) is 0 Å². The fraction of sp³-hybridized carbons (Fsp3) is 0.300. The Morgan fingerprint density at radius 2 is 0.958 bits per heavy atom. The Balaban J connectivity index is 2.02. The number of carbonyl (C=O) groups excluding carboxylic acids is 2. The normalized spacial score (nSPS) is 26.2. The van der Waals surface area contributed by atoms with Crippen molar-refractivity contribution in [2.24, 2.45) is 11.8 Å². The van der Waals surface area contributed by atoms with E-state index in [1.807, 2.05) is 24.3 Å². The van der Waals surface area contributed by atoms with Crippen molar-refractivity contribution < 1.29 is 9.59 Å². The van der Waals surface area contributed by atoms with E-state index in [1.54, 1.807) is 14.1 Å². The minimum atomic E-state index is -0.384. The van der Waals surface area contributed by atoms with Crippen LogP contribution < -0.4 is 10.6 Å². The molecule has 2 amide bonds. The summed E-state index contributed by atoms with van der Waals surface area (Å²) in [6.07, 6.45) is 0. The Morgan fingerprint density at radius 3 is 1.21 bits per heavy atom. The number of rotatable bonds is 2. The summed E-state index contributed by atoms with van der Waals surface area (Å²) in [7, 11) is 3.28. The third kappa shape index (κ3) is 1.86. The molecule has 0 unspecified atom stereocenters. The Morgan fingerprint density at radius 1 is 0.667 bits per heavy atom. The lowest BCUT2D eigenvalue weighted by Crippen LogP contribution is -2.51. The number of carbonyl (C=O) groups is 2. The molecule has 4 nitrogen and oxygen atoms in total. The molecular formula is C20H20N2O2. The van der Waals surface area contributed by atoms with Crippen LogP contribution in [0.5, 0.6) is 0 Å². The molecule has 2 atom stereocenters. The first-order valence-electron chi connectivity index (χ1n) is 8.29. The van der Waals surface area contributed by atoms with Crippen molar-refractivity contribution in [3.8, 4) is 0 Å². The largest absolute Gasteiger partial charge is 0.359 e. The fourth-order valence-corrected chi connectivity index (χ4v) is 4.64. The van der Waals surface area contributed by atoms with E-state index in [-0.39, 0.29) is 35.5 Å². The standard InChI is InChI=1S/C20H20N2O2/c1-21-19(23)17-15-11-7-3-5-9-13(11)16(18(17)20(24)22-2)14-10-6-4-8-12(14)15/h3-10,15-18H,1-2H3,(H,21,23)(H,22,24)/t15?,16?,17-,18-/m0/s1. The summed E-state index contributed by atoms with van der Waals surface area (Å²) in [6, 6.07) is 16.4. The molecule has 0 aromatic heterocycles. The monoisotopic (exact) mass is 320 g/mol. The van der Waals surface area contributed by atoms with Gasteiger partial charge in [-0.25, -0.2) is 0 Å². The van der Waals surface area contributed by atoms with Gasteiger partial charge in [0.15, 0.2) is 0 Å². The van der Waals surface area contributed by atoms with Crippen molar-refractivity contribution in [1.29, 1.82) is 0 Å². The molecule has 2 aromatic carbocycles. The van der Waals surface area contributed by atoms with Gasteiger partial charge in [-0.1, -0.05) is 48.5 Å². The topological polar surface area (TPSA) is 58.2 Å². The highest BCUT2D eigenvalue weighted by Gasteiger charge is 2.54. The average Bonchev–Trinajstić information content (AvgIpc) is 2.66. The van der Waals surface area contributed by atoms with Gasteiger partial charge in [-0.05, 0) is 22.3 Å². The van der Waals surface area contributed by atoms with E-state index < -0.39 is 0 Å². The van der Waals surface area contributed by atoms with E-state index in [0.717, 1.165) is 0 Å². The second-order valence-electron chi connectivity index (χ2n) is 6.49. The molecule has 0 saturated carbocycles. The highest BCUT2D eigenvalue weighted by Crippen LogP contribution is 2.58. The zero-order valence-electron chi connectivity index (χ0n) is 13.7. The van der Waals surface area contributed by atoms with E-state index in [4.69, 9.17) is 0 Å². The van der Waals surface area contributed by atoms with E-state index >= 15 is 0 Å². The Kier molecular flexibility index (Phi) is 3.41. The first kappa shape index (κ1) is 14.9. The summed E-state index contributed by atoms with van der Waals surface area (Å²) in [6.45, 7) is 0.